The lowest BCUT2D eigenvalue weighted by atomic mass is 9.85. The third-order valence-electron chi connectivity index (χ3n) is 7.37. The van der Waals surface area contributed by atoms with Gasteiger partial charge in [-0.05, 0) is 65.5 Å². The van der Waals surface area contributed by atoms with E-state index in [0.29, 0.717) is 30.7 Å². The van der Waals surface area contributed by atoms with Crippen LogP contribution >= 0.6 is 0 Å². The minimum Gasteiger partial charge on any atom is -0.447 e. The topological polar surface area (TPSA) is 65.1 Å². The zero-order valence-electron chi connectivity index (χ0n) is 18.1. The van der Waals surface area contributed by atoms with Gasteiger partial charge in [0.25, 0.3) is 0 Å². The SMILES string of the molecule is CC(C)OC(=O)N1CCC(N2CCC(N3CC(=O)NC4CCCCC43)CC2)CC1. The molecule has 4 aliphatic rings. The van der Waals surface area contributed by atoms with Gasteiger partial charge < -0.3 is 19.9 Å². The van der Waals surface area contributed by atoms with Gasteiger partial charge in [-0.1, -0.05) is 12.8 Å². The van der Waals surface area contributed by atoms with Crippen LogP contribution in [-0.2, 0) is 9.53 Å². The molecule has 2 unspecified atom stereocenters. The van der Waals surface area contributed by atoms with Crippen LogP contribution in [0.5, 0.6) is 0 Å². The van der Waals surface area contributed by atoms with Gasteiger partial charge in [-0.25, -0.2) is 4.79 Å². The first kappa shape index (κ1) is 20.9. The molecule has 0 spiro atoms. The Morgan fingerprint density at radius 2 is 1.62 bits per heavy atom. The maximum absolute atomic E-state index is 12.2. The van der Waals surface area contributed by atoms with Crippen LogP contribution in [0.15, 0.2) is 0 Å². The lowest BCUT2D eigenvalue weighted by Crippen LogP contribution is -2.65. The zero-order valence-corrected chi connectivity index (χ0v) is 18.1. The molecule has 164 valence electrons. The molecule has 1 aliphatic carbocycles. The fourth-order valence-electron chi connectivity index (χ4n) is 5.88. The molecule has 0 aromatic rings. The van der Waals surface area contributed by atoms with Crippen LogP contribution < -0.4 is 5.32 Å². The van der Waals surface area contributed by atoms with Gasteiger partial charge in [0.05, 0.1) is 12.6 Å². The van der Waals surface area contributed by atoms with E-state index in [1.807, 2.05) is 18.7 Å². The van der Waals surface area contributed by atoms with Crippen LogP contribution in [0.2, 0.25) is 0 Å². The number of fused-ring (bicyclic) bond motifs is 1. The number of nitrogens with zero attached hydrogens (tertiary/aromatic N) is 3. The Kier molecular flexibility index (Phi) is 6.64. The summed E-state index contributed by atoms with van der Waals surface area (Å²) < 4.78 is 5.34. The second kappa shape index (κ2) is 9.21. The fraction of sp³-hybridized carbons (Fsp3) is 0.909. The molecule has 29 heavy (non-hydrogen) atoms. The number of hydrogen-bond acceptors (Lipinski definition) is 5. The quantitative estimate of drug-likeness (QED) is 0.778. The molecule has 0 aromatic heterocycles. The maximum atomic E-state index is 12.2. The van der Waals surface area contributed by atoms with E-state index in [0.717, 1.165) is 58.3 Å². The highest BCUT2D eigenvalue weighted by atomic mass is 16.6. The zero-order chi connectivity index (χ0) is 20.4. The molecular formula is C22H38N4O3. The Hall–Kier alpha value is -1.34. The number of likely N-dealkylation sites (tertiary alicyclic amines) is 2. The minimum atomic E-state index is -0.164. The minimum absolute atomic E-state index is 0.0557. The average molecular weight is 407 g/mol. The predicted octanol–water partition coefficient (Wildman–Crippen LogP) is 2.20. The molecule has 2 amide bonds. The first-order valence-electron chi connectivity index (χ1n) is 11.8. The van der Waals surface area contributed by atoms with Crippen molar-refractivity contribution in [2.24, 2.45) is 0 Å². The van der Waals surface area contributed by atoms with Crippen LogP contribution in [-0.4, -0.2) is 89.7 Å². The number of carbonyl (C=O) groups is 2. The number of piperidine rings is 2. The number of hydrogen-bond donors (Lipinski definition) is 1. The van der Waals surface area contributed by atoms with Gasteiger partial charge in [0.15, 0.2) is 0 Å². The summed E-state index contributed by atoms with van der Waals surface area (Å²) in [6, 6.07) is 2.04. The Balaban J connectivity index is 1.25. The van der Waals surface area contributed by atoms with Crippen molar-refractivity contribution in [3.8, 4) is 0 Å². The predicted molar refractivity (Wildman–Crippen MR) is 112 cm³/mol. The first-order valence-corrected chi connectivity index (χ1v) is 11.8. The van der Waals surface area contributed by atoms with E-state index in [2.05, 4.69) is 15.1 Å². The number of carbonyl (C=O) groups excluding carboxylic acids is 2. The van der Waals surface area contributed by atoms with Crippen molar-refractivity contribution in [1.29, 1.82) is 0 Å². The molecule has 4 fully saturated rings. The third-order valence-corrected chi connectivity index (χ3v) is 7.37. The van der Waals surface area contributed by atoms with E-state index in [9.17, 15) is 9.59 Å². The van der Waals surface area contributed by atoms with E-state index < -0.39 is 0 Å². The Morgan fingerprint density at radius 1 is 0.966 bits per heavy atom. The lowest BCUT2D eigenvalue weighted by molar-refractivity contribution is -0.130. The standard InChI is InChI=1S/C22H38N4O3/c1-16(2)29-22(28)25-13-7-17(8-14-25)24-11-9-18(10-12-24)26-15-21(27)23-19-5-3-4-6-20(19)26/h16-20H,3-15H2,1-2H3,(H,23,27). The fourth-order valence-corrected chi connectivity index (χ4v) is 5.88. The summed E-state index contributed by atoms with van der Waals surface area (Å²) >= 11 is 0. The van der Waals surface area contributed by atoms with Crippen molar-refractivity contribution in [1.82, 2.24) is 20.0 Å². The smallest absolute Gasteiger partial charge is 0.410 e. The number of rotatable bonds is 3. The lowest BCUT2D eigenvalue weighted by Gasteiger charge is -2.50. The van der Waals surface area contributed by atoms with Crippen LogP contribution in [0.4, 0.5) is 4.79 Å². The van der Waals surface area contributed by atoms with Gasteiger partial charge in [0, 0.05) is 37.3 Å². The van der Waals surface area contributed by atoms with Gasteiger partial charge in [-0.15, -0.1) is 0 Å². The largest absolute Gasteiger partial charge is 0.447 e. The summed E-state index contributed by atoms with van der Waals surface area (Å²) in [6.07, 6.45) is 9.09. The van der Waals surface area contributed by atoms with Crippen molar-refractivity contribution in [2.45, 2.75) is 95.5 Å². The molecule has 0 aromatic carbocycles. The van der Waals surface area contributed by atoms with Crippen molar-refractivity contribution in [3.05, 3.63) is 0 Å². The molecule has 3 aliphatic heterocycles. The molecule has 0 bridgehead atoms. The molecule has 7 nitrogen and oxygen atoms in total. The van der Waals surface area contributed by atoms with Gasteiger partial charge >= 0.3 is 6.09 Å². The van der Waals surface area contributed by atoms with Crippen LogP contribution in [0.3, 0.4) is 0 Å². The highest BCUT2D eigenvalue weighted by molar-refractivity contribution is 5.79. The summed E-state index contributed by atoms with van der Waals surface area (Å²) in [7, 11) is 0. The van der Waals surface area contributed by atoms with Gasteiger partial charge in [-0.3, -0.25) is 9.69 Å². The third kappa shape index (κ3) is 4.88. The Bertz CT molecular complexity index is 583. The Morgan fingerprint density at radius 3 is 2.31 bits per heavy atom. The van der Waals surface area contributed by atoms with Crippen LogP contribution in [0.1, 0.15) is 65.2 Å². The average Bonchev–Trinajstić information content (AvgIpc) is 2.73. The molecule has 4 rings (SSSR count). The van der Waals surface area contributed by atoms with Crippen LogP contribution in [0.25, 0.3) is 0 Å². The van der Waals surface area contributed by atoms with Gasteiger partial charge in [0.2, 0.25) is 5.91 Å². The van der Waals surface area contributed by atoms with E-state index in [1.165, 1.54) is 19.3 Å². The van der Waals surface area contributed by atoms with E-state index >= 15 is 0 Å². The molecule has 7 heteroatoms. The van der Waals surface area contributed by atoms with E-state index in [1.54, 1.807) is 0 Å². The molecule has 3 saturated heterocycles. The van der Waals surface area contributed by atoms with Gasteiger partial charge in [-0.2, -0.15) is 0 Å². The highest BCUT2D eigenvalue weighted by Crippen LogP contribution is 2.31. The normalized spacial score (nSPS) is 30.9. The second-order valence-electron chi connectivity index (χ2n) is 9.62. The van der Waals surface area contributed by atoms with Crippen LogP contribution in [0, 0.1) is 0 Å². The molecule has 3 heterocycles. The van der Waals surface area contributed by atoms with Crippen molar-refractivity contribution >= 4 is 12.0 Å². The highest BCUT2D eigenvalue weighted by Gasteiger charge is 2.41. The summed E-state index contributed by atoms with van der Waals surface area (Å²) in [5, 5.41) is 3.24. The van der Waals surface area contributed by atoms with Gasteiger partial charge in [0.1, 0.15) is 0 Å². The van der Waals surface area contributed by atoms with E-state index in [4.69, 9.17) is 4.74 Å². The summed E-state index contributed by atoms with van der Waals surface area (Å²) in [4.78, 5) is 31.4. The Labute approximate surface area is 175 Å². The molecule has 1 saturated carbocycles. The molecular weight excluding hydrogens is 368 g/mol. The first-order chi connectivity index (χ1) is 14.0. The summed E-state index contributed by atoms with van der Waals surface area (Å²) in [5.41, 5.74) is 0. The van der Waals surface area contributed by atoms with Crippen molar-refractivity contribution in [3.63, 3.8) is 0 Å². The van der Waals surface area contributed by atoms with E-state index in [-0.39, 0.29) is 18.1 Å². The summed E-state index contributed by atoms with van der Waals surface area (Å²) in [6.45, 7) is 8.20. The number of piperazine rings is 1. The number of amides is 2. The summed E-state index contributed by atoms with van der Waals surface area (Å²) in [5.74, 6) is 0.219. The monoisotopic (exact) mass is 406 g/mol. The second-order valence-corrected chi connectivity index (χ2v) is 9.62. The molecule has 2 atom stereocenters. The number of nitrogens with one attached hydrogen (secondary N) is 1. The molecule has 0 radical (unpaired) electrons. The van der Waals surface area contributed by atoms with Crippen molar-refractivity contribution < 1.29 is 14.3 Å². The maximum Gasteiger partial charge on any atom is 0.410 e. The molecule has 1 N–H and O–H groups in total. The number of ether oxygens (including phenoxy) is 1. The van der Waals surface area contributed by atoms with Crippen molar-refractivity contribution in [2.75, 3.05) is 32.7 Å².